The minimum atomic E-state index is -0.473. The van der Waals surface area contributed by atoms with Gasteiger partial charge in [0.05, 0.1) is 16.0 Å². The molecule has 2 heterocycles. The normalized spacial score (nSPS) is 15.3. The Bertz CT molecular complexity index is 906. The van der Waals surface area contributed by atoms with Crippen molar-refractivity contribution in [1.82, 2.24) is 4.98 Å². The van der Waals surface area contributed by atoms with Crippen LogP contribution in [0.2, 0.25) is 0 Å². The summed E-state index contributed by atoms with van der Waals surface area (Å²) in [5, 5.41) is 18.7. The molecule has 0 atom stereocenters. The van der Waals surface area contributed by atoms with Crippen LogP contribution in [0.15, 0.2) is 44.8 Å². The highest BCUT2D eigenvalue weighted by atomic mass is 32.1. The van der Waals surface area contributed by atoms with Gasteiger partial charge in [0.25, 0.3) is 5.69 Å². The molecule has 0 spiro atoms. The molecule has 3 rings (SSSR count). The molecule has 0 amide bonds. The molecule has 1 aromatic carbocycles. The fourth-order valence-electron chi connectivity index (χ4n) is 1.96. The van der Waals surface area contributed by atoms with Gasteiger partial charge in [-0.3, -0.25) is 19.9 Å². The van der Waals surface area contributed by atoms with Gasteiger partial charge in [-0.25, -0.2) is 0 Å². The van der Waals surface area contributed by atoms with Crippen molar-refractivity contribution >= 4 is 40.8 Å². The second kappa shape index (κ2) is 5.37. The lowest BCUT2D eigenvalue weighted by Crippen LogP contribution is -2.03. The van der Waals surface area contributed by atoms with E-state index in [2.05, 4.69) is 15.2 Å². The van der Waals surface area contributed by atoms with Gasteiger partial charge < -0.3 is 5.73 Å². The lowest BCUT2D eigenvalue weighted by molar-refractivity contribution is -0.384. The Labute approximate surface area is 127 Å². The van der Waals surface area contributed by atoms with Crippen LogP contribution in [0.4, 0.5) is 11.5 Å². The summed E-state index contributed by atoms with van der Waals surface area (Å²) in [6.07, 6.45) is 3.18. The van der Waals surface area contributed by atoms with Crippen LogP contribution >= 0.6 is 11.3 Å². The van der Waals surface area contributed by atoms with Gasteiger partial charge in [0.15, 0.2) is 0 Å². The first-order valence-electron chi connectivity index (χ1n) is 6.11. The van der Waals surface area contributed by atoms with Crippen molar-refractivity contribution in [2.75, 3.05) is 5.73 Å². The molecule has 2 aromatic rings. The number of hydrogen-bond donors (Lipinski definition) is 2. The smallest absolute Gasteiger partial charge is 0.306 e. The van der Waals surface area contributed by atoms with Crippen LogP contribution in [-0.4, -0.2) is 21.8 Å². The summed E-state index contributed by atoms with van der Waals surface area (Å²) in [5.41, 5.74) is 7.36. The summed E-state index contributed by atoms with van der Waals surface area (Å²) in [4.78, 5) is 24.4. The Morgan fingerprint density at radius 2 is 2.23 bits per heavy atom. The van der Waals surface area contributed by atoms with Crippen LogP contribution < -0.4 is 10.6 Å². The summed E-state index contributed by atoms with van der Waals surface area (Å²) >= 11 is 0.969. The van der Waals surface area contributed by atoms with Gasteiger partial charge in [0.1, 0.15) is 11.5 Å². The van der Waals surface area contributed by atoms with E-state index in [1.807, 2.05) is 0 Å². The molecule has 0 saturated carbocycles. The Morgan fingerprint density at radius 3 is 2.91 bits per heavy atom. The molecule has 0 saturated heterocycles. The molecule has 22 heavy (non-hydrogen) atoms. The topological polar surface area (TPSA) is 127 Å². The highest BCUT2D eigenvalue weighted by Crippen LogP contribution is 2.22. The second-order valence-corrected chi connectivity index (χ2v) is 5.41. The maximum Gasteiger partial charge on any atom is 0.306 e. The third kappa shape index (κ3) is 2.56. The van der Waals surface area contributed by atoms with Crippen molar-refractivity contribution in [2.24, 2.45) is 10.2 Å². The van der Waals surface area contributed by atoms with E-state index in [4.69, 9.17) is 5.73 Å². The Kier molecular flexibility index (Phi) is 3.39. The van der Waals surface area contributed by atoms with Crippen molar-refractivity contribution in [2.45, 2.75) is 0 Å². The maximum absolute atomic E-state index is 11.3. The molecule has 0 aliphatic carbocycles. The number of nitrogen functional groups attached to an aromatic ring is 1. The van der Waals surface area contributed by atoms with E-state index in [1.165, 1.54) is 18.3 Å². The molecule has 0 bridgehead atoms. The first-order valence-corrected chi connectivity index (χ1v) is 6.93. The number of anilines is 1. The molecule has 1 aliphatic heterocycles. The molecular weight excluding hydrogens is 306 g/mol. The van der Waals surface area contributed by atoms with E-state index >= 15 is 0 Å². The maximum atomic E-state index is 11.3. The van der Waals surface area contributed by atoms with Crippen LogP contribution in [0, 0.1) is 10.1 Å². The van der Waals surface area contributed by atoms with Crippen LogP contribution in [0.3, 0.4) is 0 Å². The molecule has 0 radical (unpaired) electrons. The van der Waals surface area contributed by atoms with Crippen LogP contribution in [0.5, 0.6) is 0 Å². The largest absolute Gasteiger partial charge is 0.384 e. The number of nitrogens with one attached hydrogen (secondary N) is 1. The summed E-state index contributed by atoms with van der Waals surface area (Å²) < 4.78 is 0. The zero-order valence-corrected chi connectivity index (χ0v) is 11.8. The lowest BCUT2D eigenvalue weighted by Gasteiger charge is -2.02. The van der Waals surface area contributed by atoms with Crippen LogP contribution in [0.1, 0.15) is 10.4 Å². The van der Waals surface area contributed by atoms with E-state index in [0.717, 1.165) is 11.3 Å². The van der Waals surface area contributed by atoms with Gasteiger partial charge in [-0.15, -0.1) is 5.10 Å². The Balaban J connectivity index is 2.01. The molecule has 1 aromatic heterocycles. The highest BCUT2D eigenvalue weighted by molar-refractivity contribution is 7.10. The predicted molar refractivity (Wildman–Crippen MR) is 85.5 cm³/mol. The summed E-state index contributed by atoms with van der Waals surface area (Å²) in [6.45, 7) is 0. The number of nitro benzene ring substituents is 1. The van der Waals surface area contributed by atoms with Gasteiger partial charge >= 0.3 is 4.87 Å². The first-order chi connectivity index (χ1) is 10.5. The van der Waals surface area contributed by atoms with Gasteiger partial charge in [0, 0.05) is 23.3 Å². The number of thiazole rings is 1. The summed E-state index contributed by atoms with van der Waals surface area (Å²) in [6, 6.07) is 6.11. The zero-order valence-electron chi connectivity index (χ0n) is 11.0. The van der Waals surface area contributed by atoms with Crippen molar-refractivity contribution < 1.29 is 4.92 Å². The SMILES string of the molecule is Nc1[nH]c(=O)sc1C=C1C=NN=C1c1cccc([N+](=O)[O-])c1. The number of H-pyrrole nitrogens is 1. The zero-order chi connectivity index (χ0) is 15.7. The number of benzene rings is 1. The number of non-ortho nitro benzene ring substituents is 1. The molecule has 3 N–H and O–H groups in total. The average Bonchev–Trinajstić information content (AvgIpc) is 3.06. The van der Waals surface area contributed by atoms with Crippen LogP contribution in [-0.2, 0) is 0 Å². The monoisotopic (exact) mass is 315 g/mol. The van der Waals surface area contributed by atoms with E-state index < -0.39 is 4.92 Å². The lowest BCUT2D eigenvalue weighted by atomic mass is 10.0. The fraction of sp³-hybridized carbons (Fsp3) is 0. The summed E-state index contributed by atoms with van der Waals surface area (Å²) in [7, 11) is 0. The van der Waals surface area contributed by atoms with E-state index in [-0.39, 0.29) is 16.4 Å². The van der Waals surface area contributed by atoms with Gasteiger partial charge in [-0.05, 0) is 6.08 Å². The molecule has 1 aliphatic rings. The number of allylic oxidation sites excluding steroid dienone is 1. The van der Waals surface area contributed by atoms with E-state index in [1.54, 1.807) is 18.2 Å². The summed E-state index contributed by atoms with van der Waals surface area (Å²) in [5.74, 6) is 0.265. The molecular formula is C13H9N5O3S. The number of nitrogens with zero attached hydrogens (tertiary/aromatic N) is 3. The Morgan fingerprint density at radius 1 is 1.41 bits per heavy atom. The molecule has 0 unspecified atom stereocenters. The van der Waals surface area contributed by atoms with Gasteiger partial charge in [-0.2, -0.15) is 5.10 Å². The number of nitrogens with two attached hydrogens (primary N) is 1. The Hall–Kier alpha value is -3.07. The quantitative estimate of drug-likeness (QED) is 0.661. The fourth-order valence-corrected chi connectivity index (χ4v) is 2.67. The van der Waals surface area contributed by atoms with E-state index in [9.17, 15) is 14.9 Å². The number of rotatable bonds is 3. The van der Waals surface area contributed by atoms with Gasteiger partial charge in [0.2, 0.25) is 0 Å². The third-order valence-electron chi connectivity index (χ3n) is 2.95. The molecule has 110 valence electrons. The number of hydrogen-bond acceptors (Lipinski definition) is 7. The predicted octanol–water partition coefficient (Wildman–Crippen LogP) is 1.80. The van der Waals surface area contributed by atoms with Gasteiger partial charge in [-0.1, -0.05) is 23.5 Å². The molecule has 8 nitrogen and oxygen atoms in total. The molecule has 0 fully saturated rings. The van der Waals surface area contributed by atoms with Crippen molar-refractivity contribution in [3.63, 3.8) is 0 Å². The minimum Gasteiger partial charge on any atom is -0.384 e. The minimum absolute atomic E-state index is 0.0303. The number of aromatic nitrogens is 1. The van der Waals surface area contributed by atoms with Crippen molar-refractivity contribution in [3.05, 3.63) is 60.1 Å². The van der Waals surface area contributed by atoms with E-state index in [0.29, 0.717) is 21.7 Å². The van der Waals surface area contributed by atoms with Crippen molar-refractivity contribution in [1.29, 1.82) is 0 Å². The first kappa shape index (κ1) is 13.9. The van der Waals surface area contributed by atoms with Crippen LogP contribution in [0.25, 0.3) is 6.08 Å². The molecule has 9 heteroatoms. The van der Waals surface area contributed by atoms with Crippen molar-refractivity contribution in [3.8, 4) is 0 Å². The third-order valence-corrected chi connectivity index (χ3v) is 3.79. The second-order valence-electron chi connectivity index (χ2n) is 4.39. The number of nitro groups is 1. The number of aromatic amines is 1. The average molecular weight is 315 g/mol. The highest BCUT2D eigenvalue weighted by Gasteiger charge is 2.17. The standard InChI is InChI=1S/C13H9N5O3S/c14-12-10(22-13(19)16-12)5-8-6-15-17-11(8)7-2-1-3-9(4-7)18(20)21/h1-6H,14H2,(H,16,19).